The van der Waals surface area contributed by atoms with Crippen LogP contribution < -0.4 is 5.32 Å². The molecule has 0 saturated carbocycles. The summed E-state index contributed by atoms with van der Waals surface area (Å²) >= 11 is 0. The van der Waals surface area contributed by atoms with Crippen LogP contribution in [0.5, 0.6) is 0 Å². The van der Waals surface area contributed by atoms with Gasteiger partial charge in [-0.15, -0.1) is 0 Å². The van der Waals surface area contributed by atoms with Crippen LogP contribution in [0.3, 0.4) is 0 Å². The number of nitrogens with zero attached hydrogens (tertiary/aromatic N) is 1. The van der Waals surface area contributed by atoms with Gasteiger partial charge in [0.1, 0.15) is 0 Å². The molecule has 2 fully saturated rings. The smallest absolute Gasteiger partial charge is 0.224 e. The molecular formula is C18H26N2O2. The summed E-state index contributed by atoms with van der Waals surface area (Å²) in [6, 6.07) is 8.82. The predicted molar refractivity (Wildman–Crippen MR) is 87.0 cm³/mol. The number of morpholine rings is 1. The summed E-state index contributed by atoms with van der Waals surface area (Å²) in [5, 5.41) is 3.36. The second kappa shape index (κ2) is 7.25. The molecule has 1 N–H and O–H groups in total. The van der Waals surface area contributed by atoms with E-state index in [-0.39, 0.29) is 11.9 Å². The van der Waals surface area contributed by atoms with Crippen molar-refractivity contribution < 1.29 is 9.53 Å². The van der Waals surface area contributed by atoms with Crippen molar-refractivity contribution in [2.24, 2.45) is 0 Å². The van der Waals surface area contributed by atoms with Crippen LogP contribution in [0.15, 0.2) is 24.3 Å². The molecule has 1 aromatic rings. The number of piperidine rings is 1. The van der Waals surface area contributed by atoms with E-state index in [1.165, 1.54) is 11.1 Å². The third-order valence-corrected chi connectivity index (χ3v) is 4.90. The number of aryl methyl sites for hydroxylation is 1. The molecule has 1 amide bonds. The van der Waals surface area contributed by atoms with Crippen molar-refractivity contribution in [2.45, 2.75) is 38.1 Å². The van der Waals surface area contributed by atoms with Crippen LogP contribution in [0, 0.1) is 6.92 Å². The molecule has 3 rings (SSSR count). The van der Waals surface area contributed by atoms with Crippen molar-refractivity contribution >= 4 is 5.91 Å². The monoisotopic (exact) mass is 302 g/mol. The van der Waals surface area contributed by atoms with Gasteiger partial charge in [0.25, 0.3) is 0 Å². The number of rotatable bonds is 3. The summed E-state index contributed by atoms with van der Waals surface area (Å²) in [5.41, 5.74) is 2.83. The minimum atomic E-state index is 0.190. The number of ether oxygens (including phenoxy) is 1. The summed E-state index contributed by atoms with van der Waals surface area (Å²) in [4.78, 5) is 14.4. The molecule has 0 aliphatic carbocycles. The van der Waals surface area contributed by atoms with Crippen LogP contribution in [0.2, 0.25) is 0 Å². The average Bonchev–Trinajstić information content (AvgIpc) is 2.56. The number of likely N-dealkylation sites (tertiary alicyclic amines) is 1. The lowest BCUT2D eigenvalue weighted by atomic mass is 9.87. The molecule has 4 nitrogen and oxygen atoms in total. The van der Waals surface area contributed by atoms with Gasteiger partial charge in [0.05, 0.1) is 13.2 Å². The highest BCUT2D eigenvalue weighted by molar-refractivity contribution is 5.77. The van der Waals surface area contributed by atoms with E-state index >= 15 is 0 Å². The summed E-state index contributed by atoms with van der Waals surface area (Å²) in [5.74, 6) is 0.868. The van der Waals surface area contributed by atoms with Gasteiger partial charge in [-0.25, -0.2) is 0 Å². The summed E-state index contributed by atoms with van der Waals surface area (Å²) in [6.45, 7) is 6.21. The maximum Gasteiger partial charge on any atom is 0.224 e. The largest absolute Gasteiger partial charge is 0.378 e. The first-order chi connectivity index (χ1) is 10.7. The van der Waals surface area contributed by atoms with Gasteiger partial charge in [-0.2, -0.15) is 0 Å². The van der Waals surface area contributed by atoms with E-state index in [1.54, 1.807) is 0 Å². The van der Waals surface area contributed by atoms with E-state index in [1.807, 2.05) is 4.90 Å². The summed E-state index contributed by atoms with van der Waals surface area (Å²) < 4.78 is 5.43. The molecule has 2 saturated heterocycles. The van der Waals surface area contributed by atoms with Crippen molar-refractivity contribution in [1.82, 2.24) is 10.2 Å². The molecule has 1 unspecified atom stereocenters. The maximum atomic E-state index is 12.4. The van der Waals surface area contributed by atoms with E-state index in [0.717, 1.165) is 39.1 Å². The van der Waals surface area contributed by atoms with Crippen molar-refractivity contribution in [1.29, 1.82) is 0 Å². The zero-order valence-electron chi connectivity index (χ0n) is 13.4. The highest BCUT2D eigenvalue weighted by atomic mass is 16.5. The third kappa shape index (κ3) is 3.68. The highest BCUT2D eigenvalue weighted by Gasteiger charge is 2.26. The molecule has 1 atom stereocenters. The second-order valence-electron chi connectivity index (χ2n) is 6.44. The zero-order chi connectivity index (χ0) is 15.4. The number of hydrogen-bond acceptors (Lipinski definition) is 3. The lowest BCUT2D eigenvalue weighted by molar-refractivity contribution is -0.133. The molecule has 0 spiro atoms. The minimum Gasteiger partial charge on any atom is -0.378 e. The van der Waals surface area contributed by atoms with Crippen molar-refractivity contribution in [3.05, 3.63) is 35.4 Å². The normalized spacial score (nSPS) is 23.5. The van der Waals surface area contributed by atoms with Gasteiger partial charge >= 0.3 is 0 Å². The SMILES string of the molecule is Cc1ccccc1C1CCN(C(=O)CC2COCCN2)CC1. The first kappa shape index (κ1) is 15.5. The van der Waals surface area contributed by atoms with E-state index in [9.17, 15) is 4.79 Å². The minimum absolute atomic E-state index is 0.190. The Balaban J connectivity index is 1.51. The fourth-order valence-electron chi connectivity index (χ4n) is 3.58. The van der Waals surface area contributed by atoms with Gasteiger partial charge in [-0.3, -0.25) is 4.79 Å². The zero-order valence-corrected chi connectivity index (χ0v) is 13.4. The van der Waals surface area contributed by atoms with Gasteiger partial charge in [-0.05, 0) is 36.8 Å². The molecule has 4 heteroatoms. The van der Waals surface area contributed by atoms with Crippen LogP contribution >= 0.6 is 0 Å². The first-order valence-electron chi connectivity index (χ1n) is 8.38. The van der Waals surface area contributed by atoms with Crippen LogP contribution in [0.1, 0.15) is 36.3 Å². The Morgan fingerprint density at radius 3 is 2.77 bits per heavy atom. The predicted octanol–water partition coefficient (Wildman–Crippen LogP) is 2.08. The van der Waals surface area contributed by atoms with Gasteiger partial charge < -0.3 is 15.0 Å². The second-order valence-corrected chi connectivity index (χ2v) is 6.44. The molecule has 2 heterocycles. The summed E-state index contributed by atoms with van der Waals surface area (Å²) in [6.07, 6.45) is 2.71. The number of carbonyl (C=O) groups is 1. The Kier molecular flexibility index (Phi) is 5.11. The average molecular weight is 302 g/mol. The summed E-state index contributed by atoms with van der Waals surface area (Å²) in [7, 11) is 0. The molecule has 0 radical (unpaired) electrons. The Hall–Kier alpha value is -1.39. The molecule has 2 aliphatic heterocycles. The van der Waals surface area contributed by atoms with Gasteiger partial charge in [0.15, 0.2) is 0 Å². The maximum absolute atomic E-state index is 12.4. The number of amides is 1. The quantitative estimate of drug-likeness (QED) is 0.929. The first-order valence-corrected chi connectivity index (χ1v) is 8.38. The van der Waals surface area contributed by atoms with Crippen molar-refractivity contribution in [3.63, 3.8) is 0 Å². The molecule has 0 bridgehead atoms. The van der Waals surface area contributed by atoms with Gasteiger partial charge in [-0.1, -0.05) is 24.3 Å². The molecular weight excluding hydrogens is 276 g/mol. The number of hydrogen-bond donors (Lipinski definition) is 1. The van der Waals surface area contributed by atoms with Crippen LogP contribution in [-0.4, -0.2) is 49.7 Å². The third-order valence-electron chi connectivity index (χ3n) is 4.90. The van der Waals surface area contributed by atoms with Gasteiger partial charge in [0, 0.05) is 32.1 Å². The Morgan fingerprint density at radius 1 is 1.32 bits per heavy atom. The van der Waals surface area contributed by atoms with Crippen LogP contribution in [0.4, 0.5) is 0 Å². The van der Waals surface area contributed by atoms with Crippen LogP contribution in [-0.2, 0) is 9.53 Å². The van der Waals surface area contributed by atoms with Crippen molar-refractivity contribution in [2.75, 3.05) is 32.8 Å². The van der Waals surface area contributed by atoms with Crippen LogP contribution in [0.25, 0.3) is 0 Å². The molecule has 120 valence electrons. The van der Waals surface area contributed by atoms with E-state index in [0.29, 0.717) is 18.9 Å². The number of nitrogens with one attached hydrogen (secondary N) is 1. The van der Waals surface area contributed by atoms with E-state index in [4.69, 9.17) is 4.74 Å². The number of benzene rings is 1. The molecule has 1 aromatic carbocycles. The van der Waals surface area contributed by atoms with E-state index in [2.05, 4.69) is 36.5 Å². The lowest BCUT2D eigenvalue weighted by Gasteiger charge is -2.34. The fourth-order valence-corrected chi connectivity index (χ4v) is 3.58. The molecule has 2 aliphatic rings. The molecule has 22 heavy (non-hydrogen) atoms. The Morgan fingerprint density at radius 2 is 2.09 bits per heavy atom. The Labute approximate surface area is 132 Å². The fraction of sp³-hybridized carbons (Fsp3) is 0.611. The van der Waals surface area contributed by atoms with Gasteiger partial charge in [0.2, 0.25) is 5.91 Å². The van der Waals surface area contributed by atoms with Crippen molar-refractivity contribution in [3.8, 4) is 0 Å². The standard InChI is InChI=1S/C18H26N2O2/c1-14-4-2-3-5-17(14)15-6-9-20(10-7-15)18(21)12-16-13-22-11-8-19-16/h2-5,15-16,19H,6-13H2,1H3. The highest BCUT2D eigenvalue weighted by Crippen LogP contribution is 2.30. The van der Waals surface area contributed by atoms with E-state index < -0.39 is 0 Å². The Bertz CT molecular complexity index is 504. The lowest BCUT2D eigenvalue weighted by Crippen LogP contribution is -2.46. The number of carbonyl (C=O) groups excluding carboxylic acids is 1. The molecule has 0 aromatic heterocycles. The topological polar surface area (TPSA) is 41.6 Å².